The maximum absolute atomic E-state index is 4.57. The lowest BCUT2D eigenvalue weighted by Crippen LogP contribution is -2.27. The molecule has 1 heterocycles. The van der Waals surface area contributed by atoms with E-state index >= 15 is 0 Å². The predicted molar refractivity (Wildman–Crippen MR) is 75.3 cm³/mol. The smallest absolute Gasteiger partial charge is 0.0588 e. The molecule has 0 bridgehead atoms. The van der Waals surface area contributed by atoms with Gasteiger partial charge in [0.25, 0.3) is 0 Å². The Labute approximate surface area is 111 Å². The molecule has 0 aliphatic heterocycles. The summed E-state index contributed by atoms with van der Waals surface area (Å²) in [6.07, 6.45) is 4.75. The molecule has 1 fully saturated rings. The first kappa shape index (κ1) is 13.5. The van der Waals surface area contributed by atoms with E-state index in [-0.39, 0.29) is 0 Å². The quantitative estimate of drug-likeness (QED) is 0.764. The molecule has 1 aromatic heterocycles. The van der Waals surface area contributed by atoms with Gasteiger partial charge in [0, 0.05) is 25.8 Å². The van der Waals surface area contributed by atoms with Crippen LogP contribution >= 0.6 is 0 Å². The minimum atomic E-state index is 0.931. The fourth-order valence-electron chi connectivity index (χ4n) is 2.22. The zero-order valence-electron chi connectivity index (χ0n) is 11.7. The third-order valence-electron chi connectivity index (χ3n) is 3.58. The molecule has 3 heteroatoms. The zero-order valence-corrected chi connectivity index (χ0v) is 11.7. The van der Waals surface area contributed by atoms with Crippen molar-refractivity contribution in [1.29, 1.82) is 0 Å². The average molecular weight is 247 g/mol. The molecule has 0 radical (unpaired) electrons. The van der Waals surface area contributed by atoms with Crippen molar-refractivity contribution in [3.63, 3.8) is 0 Å². The molecule has 1 N–H and O–H groups in total. The van der Waals surface area contributed by atoms with Crippen LogP contribution in [0.4, 0.5) is 0 Å². The highest BCUT2D eigenvalue weighted by atomic mass is 15.1. The molecule has 100 valence electrons. The van der Waals surface area contributed by atoms with E-state index in [2.05, 4.69) is 35.1 Å². The number of pyridine rings is 1. The second-order valence-electron chi connectivity index (χ2n) is 5.16. The summed E-state index contributed by atoms with van der Waals surface area (Å²) < 4.78 is 0. The van der Waals surface area contributed by atoms with Gasteiger partial charge in [0.15, 0.2) is 0 Å². The van der Waals surface area contributed by atoms with Crippen LogP contribution in [0.5, 0.6) is 0 Å². The van der Waals surface area contributed by atoms with Crippen molar-refractivity contribution >= 4 is 0 Å². The number of hydrogen-bond donors (Lipinski definition) is 1. The van der Waals surface area contributed by atoms with Crippen molar-refractivity contribution in [2.45, 2.75) is 39.8 Å². The molecule has 0 spiro atoms. The van der Waals surface area contributed by atoms with Crippen molar-refractivity contribution in [2.24, 2.45) is 5.92 Å². The van der Waals surface area contributed by atoms with Gasteiger partial charge in [-0.05, 0) is 43.5 Å². The van der Waals surface area contributed by atoms with Crippen molar-refractivity contribution in [3.8, 4) is 0 Å². The lowest BCUT2D eigenvalue weighted by atomic mass is 10.1. The van der Waals surface area contributed by atoms with Gasteiger partial charge >= 0.3 is 0 Å². The van der Waals surface area contributed by atoms with Gasteiger partial charge in [0.1, 0.15) is 0 Å². The number of hydrogen-bond acceptors (Lipinski definition) is 3. The molecular formula is C15H25N3. The molecule has 0 amide bonds. The van der Waals surface area contributed by atoms with Crippen LogP contribution in [0.2, 0.25) is 0 Å². The molecule has 18 heavy (non-hydrogen) atoms. The van der Waals surface area contributed by atoms with E-state index in [1.165, 1.54) is 30.6 Å². The van der Waals surface area contributed by atoms with Crippen molar-refractivity contribution in [2.75, 3.05) is 19.6 Å². The van der Waals surface area contributed by atoms with Crippen LogP contribution in [0.25, 0.3) is 0 Å². The summed E-state index contributed by atoms with van der Waals surface area (Å²) in [7, 11) is 0. The molecule has 2 rings (SSSR count). The minimum absolute atomic E-state index is 0.931. The van der Waals surface area contributed by atoms with Crippen molar-refractivity contribution < 1.29 is 0 Å². The molecule has 1 aromatic rings. The summed E-state index contributed by atoms with van der Waals surface area (Å²) in [6, 6.07) is 4.23. The number of nitrogens with zero attached hydrogens (tertiary/aromatic N) is 2. The Balaban J connectivity index is 1.96. The molecule has 1 saturated carbocycles. The third-order valence-corrected chi connectivity index (χ3v) is 3.58. The summed E-state index contributed by atoms with van der Waals surface area (Å²) in [4.78, 5) is 7.09. The topological polar surface area (TPSA) is 28.2 Å². The predicted octanol–water partition coefficient (Wildman–Crippen LogP) is 2.42. The first-order valence-corrected chi connectivity index (χ1v) is 7.19. The summed E-state index contributed by atoms with van der Waals surface area (Å²) in [5, 5.41) is 3.39. The first-order valence-electron chi connectivity index (χ1n) is 7.19. The third kappa shape index (κ3) is 4.07. The Kier molecular flexibility index (Phi) is 5.14. The Hall–Kier alpha value is -0.930. The molecule has 0 aromatic carbocycles. The Bertz CT molecular complexity index is 361. The van der Waals surface area contributed by atoms with Gasteiger partial charge in [0.2, 0.25) is 0 Å². The van der Waals surface area contributed by atoms with E-state index < -0.39 is 0 Å². The van der Waals surface area contributed by atoms with Gasteiger partial charge in [-0.1, -0.05) is 19.9 Å². The van der Waals surface area contributed by atoms with Crippen LogP contribution in [0.3, 0.4) is 0 Å². The standard InChI is InChI=1S/C15H25N3/c1-3-16-10-14-6-5-9-17-15(14)12-18(4-2)11-13-7-8-13/h5-6,9,13,16H,3-4,7-8,10-12H2,1-2H3. The molecule has 0 saturated heterocycles. The second kappa shape index (κ2) is 6.86. The monoisotopic (exact) mass is 247 g/mol. The minimum Gasteiger partial charge on any atom is -0.313 e. The van der Waals surface area contributed by atoms with Crippen LogP contribution < -0.4 is 5.32 Å². The number of aromatic nitrogens is 1. The molecule has 0 atom stereocenters. The Morgan fingerprint density at radius 2 is 2.22 bits per heavy atom. The van der Waals surface area contributed by atoms with Crippen LogP contribution in [0.15, 0.2) is 18.3 Å². The lowest BCUT2D eigenvalue weighted by Gasteiger charge is -2.21. The van der Waals surface area contributed by atoms with Gasteiger partial charge in [-0.2, -0.15) is 0 Å². The van der Waals surface area contributed by atoms with Gasteiger partial charge in [0.05, 0.1) is 5.69 Å². The normalized spacial score (nSPS) is 15.3. The molecular weight excluding hydrogens is 222 g/mol. The highest BCUT2D eigenvalue weighted by Crippen LogP contribution is 2.30. The van der Waals surface area contributed by atoms with E-state index in [0.29, 0.717) is 0 Å². The molecule has 1 aliphatic rings. The molecule has 1 aliphatic carbocycles. The van der Waals surface area contributed by atoms with Crippen LogP contribution in [-0.2, 0) is 13.1 Å². The largest absolute Gasteiger partial charge is 0.313 e. The number of nitrogens with one attached hydrogen (secondary N) is 1. The van der Waals surface area contributed by atoms with Crippen molar-refractivity contribution in [3.05, 3.63) is 29.6 Å². The van der Waals surface area contributed by atoms with E-state index in [9.17, 15) is 0 Å². The van der Waals surface area contributed by atoms with Gasteiger partial charge < -0.3 is 5.32 Å². The van der Waals surface area contributed by atoms with E-state index in [1.807, 2.05) is 12.3 Å². The summed E-state index contributed by atoms with van der Waals surface area (Å²) in [5.74, 6) is 0.950. The molecule has 3 nitrogen and oxygen atoms in total. The van der Waals surface area contributed by atoms with Crippen LogP contribution in [-0.4, -0.2) is 29.5 Å². The summed E-state index contributed by atoms with van der Waals surface area (Å²) >= 11 is 0. The maximum atomic E-state index is 4.57. The van der Waals surface area contributed by atoms with Crippen LogP contribution in [0.1, 0.15) is 37.9 Å². The van der Waals surface area contributed by atoms with Gasteiger partial charge in [-0.25, -0.2) is 0 Å². The second-order valence-corrected chi connectivity index (χ2v) is 5.16. The van der Waals surface area contributed by atoms with E-state index in [4.69, 9.17) is 0 Å². The van der Waals surface area contributed by atoms with Crippen molar-refractivity contribution in [1.82, 2.24) is 15.2 Å². The Morgan fingerprint density at radius 1 is 1.39 bits per heavy atom. The van der Waals surface area contributed by atoms with E-state index in [1.54, 1.807) is 0 Å². The SMILES string of the molecule is CCNCc1cccnc1CN(CC)CC1CC1. The van der Waals surface area contributed by atoms with Crippen LogP contribution in [0, 0.1) is 5.92 Å². The van der Waals surface area contributed by atoms with Gasteiger partial charge in [-0.3, -0.25) is 9.88 Å². The highest BCUT2D eigenvalue weighted by Gasteiger charge is 2.24. The fourth-order valence-corrected chi connectivity index (χ4v) is 2.22. The first-order chi connectivity index (χ1) is 8.83. The average Bonchev–Trinajstić information content (AvgIpc) is 3.21. The lowest BCUT2D eigenvalue weighted by molar-refractivity contribution is 0.264. The fraction of sp³-hybridized carbons (Fsp3) is 0.667. The zero-order chi connectivity index (χ0) is 12.8. The Morgan fingerprint density at radius 3 is 2.89 bits per heavy atom. The van der Waals surface area contributed by atoms with E-state index in [0.717, 1.165) is 32.1 Å². The maximum Gasteiger partial charge on any atom is 0.0588 e. The highest BCUT2D eigenvalue weighted by molar-refractivity contribution is 5.19. The number of rotatable bonds is 8. The molecule has 0 unspecified atom stereocenters. The summed E-state index contributed by atoms with van der Waals surface area (Å²) in [6.45, 7) is 9.68. The van der Waals surface area contributed by atoms with Gasteiger partial charge in [-0.15, -0.1) is 0 Å². The summed E-state index contributed by atoms with van der Waals surface area (Å²) in [5.41, 5.74) is 2.58.